The zero-order valence-electron chi connectivity index (χ0n) is 9.69. The Hall–Kier alpha value is -1.63. The molecular formula is C12H13F2NO. The lowest BCUT2D eigenvalue weighted by Crippen LogP contribution is -2.13. The van der Waals surface area contributed by atoms with E-state index in [9.17, 15) is 8.78 Å². The molecule has 0 heterocycles. The van der Waals surface area contributed by atoms with Crippen molar-refractivity contribution in [3.8, 4) is 11.8 Å². The third-order valence-electron chi connectivity index (χ3n) is 2.71. The number of nitrogens with zero attached hydrogens (tertiary/aromatic N) is 1. The average molecular weight is 225 g/mol. The van der Waals surface area contributed by atoms with Crippen molar-refractivity contribution in [2.24, 2.45) is 0 Å². The van der Waals surface area contributed by atoms with Gasteiger partial charge >= 0.3 is 5.92 Å². The molecule has 0 fully saturated rings. The van der Waals surface area contributed by atoms with Crippen molar-refractivity contribution in [3.63, 3.8) is 0 Å². The Balaban J connectivity index is 3.53. The van der Waals surface area contributed by atoms with Gasteiger partial charge in [-0.05, 0) is 43.5 Å². The molecule has 0 bridgehead atoms. The van der Waals surface area contributed by atoms with Gasteiger partial charge in [0.2, 0.25) is 0 Å². The highest BCUT2D eigenvalue weighted by Crippen LogP contribution is 2.36. The number of alkyl halides is 2. The summed E-state index contributed by atoms with van der Waals surface area (Å²) in [4.78, 5) is 0. The van der Waals surface area contributed by atoms with Crippen LogP contribution in [-0.2, 0) is 5.92 Å². The van der Waals surface area contributed by atoms with Gasteiger partial charge in [-0.25, -0.2) is 0 Å². The van der Waals surface area contributed by atoms with E-state index in [0.717, 1.165) is 6.07 Å². The minimum atomic E-state index is -3.45. The molecule has 1 rings (SSSR count). The summed E-state index contributed by atoms with van der Waals surface area (Å²) in [6, 6.07) is 2.33. The number of ether oxygens (including phenoxy) is 1. The molecule has 0 saturated heterocycles. The van der Waals surface area contributed by atoms with Crippen LogP contribution >= 0.6 is 0 Å². The molecule has 0 saturated carbocycles. The molecular weight excluding hydrogens is 212 g/mol. The zero-order chi connectivity index (χ0) is 12.5. The molecule has 0 spiro atoms. The summed E-state index contributed by atoms with van der Waals surface area (Å²) in [5, 5.41) is 8.45. The lowest BCUT2D eigenvalue weighted by atomic mass is 9.95. The van der Waals surface area contributed by atoms with Crippen LogP contribution in [0.5, 0.6) is 5.75 Å². The molecule has 86 valence electrons. The van der Waals surface area contributed by atoms with Gasteiger partial charge in [0.1, 0.15) is 11.8 Å². The van der Waals surface area contributed by atoms with Gasteiger partial charge in [-0.2, -0.15) is 14.0 Å². The number of nitriles is 1. The fraction of sp³-hybridized carbons (Fsp3) is 0.417. The zero-order valence-corrected chi connectivity index (χ0v) is 9.69. The monoisotopic (exact) mass is 225 g/mol. The van der Waals surface area contributed by atoms with Gasteiger partial charge in [0.15, 0.2) is 0 Å². The summed E-state index contributed by atoms with van der Waals surface area (Å²) in [6.45, 7) is 4.96. The predicted molar refractivity (Wildman–Crippen MR) is 56.7 cm³/mol. The number of halogens is 2. The largest absolute Gasteiger partial charge is 0.496 e. The van der Waals surface area contributed by atoms with Gasteiger partial charge in [-0.1, -0.05) is 0 Å². The van der Waals surface area contributed by atoms with Crippen molar-refractivity contribution < 1.29 is 13.5 Å². The van der Waals surface area contributed by atoms with Crippen LogP contribution in [0.3, 0.4) is 0 Å². The molecule has 2 nitrogen and oxygen atoms in total. The highest BCUT2D eigenvalue weighted by molar-refractivity contribution is 5.51. The molecule has 4 heteroatoms. The summed E-state index contributed by atoms with van der Waals surface area (Å²) < 4.78 is 31.8. The van der Waals surface area contributed by atoms with E-state index in [0.29, 0.717) is 22.4 Å². The van der Waals surface area contributed by atoms with Crippen LogP contribution in [0.4, 0.5) is 8.78 Å². The fourth-order valence-electron chi connectivity index (χ4n) is 1.76. The second-order valence-electron chi connectivity index (χ2n) is 3.71. The first kappa shape index (κ1) is 12.4. The van der Waals surface area contributed by atoms with Crippen LogP contribution in [0.1, 0.15) is 22.3 Å². The number of rotatable bonds is 2. The van der Waals surface area contributed by atoms with E-state index in [2.05, 4.69) is 0 Å². The van der Waals surface area contributed by atoms with Crippen LogP contribution in [0.2, 0.25) is 0 Å². The summed E-state index contributed by atoms with van der Waals surface area (Å²) >= 11 is 0. The molecule has 0 amide bonds. The topological polar surface area (TPSA) is 33.0 Å². The van der Waals surface area contributed by atoms with Crippen LogP contribution in [0.25, 0.3) is 0 Å². The quantitative estimate of drug-likeness (QED) is 0.774. The molecule has 0 unspecified atom stereocenters. The first-order valence-electron chi connectivity index (χ1n) is 4.79. The van der Waals surface area contributed by atoms with E-state index < -0.39 is 5.92 Å². The minimum Gasteiger partial charge on any atom is -0.496 e. The number of methoxy groups -OCH3 is 1. The SMILES string of the molecule is COc1c(C)cc(C(F)(F)C#N)c(C)c1C. The van der Waals surface area contributed by atoms with Gasteiger partial charge < -0.3 is 4.74 Å². The number of aryl methyl sites for hydroxylation is 1. The number of hydrogen-bond acceptors (Lipinski definition) is 2. The molecule has 0 aliphatic rings. The maximum atomic E-state index is 13.3. The Kier molecular flexibility index (Phi) is 3.18. The van der Waals surface area contributed by atoms with Gasteiger partial charge in [0.05, 0.1) is 7.11 Å². The maximum absolute atomic E-state index is 13.3. The van der Waals surface area contributed by atoms with Crippen molar-refractivity contribution >= 4 is 0 Å². The van der Waals surface area contributed by atoms with Crippen molar-refractivity contribution in [1.82, 2.24) is 0 Å². The smallest absolute Gasteiger partial charge is 0.357 e. The van der Waals surface area contributed by atoms with E-state index >= 15 is 0 Å². The first-order valence-corrected chi connectivity index (χ1v) is 4.79. The van der Waals surface area contributed by atoms with Crippen LogP contribution in [-0.4, -0.2) is 7.11 Å². The molecule has 0 aliphatic carbocycles. The average Bonchev–Trinajstić information content (AvgIpc) is 2.24. The normalized spacial score (nSPS) is 11.1. The number of benzene rings is 1. The third-order valence-corrected chi connectivity index (χ3v) is 2.71. The van der Waals surface area contributed by atoms with Crippen molar-refractivity contribution in [3.05, 3.63) is 28.3 Å². The Morgan fingerprint density at radius 3 is 2.25 bits per heavy atom. The lowest BCUT2D eigenvalue weighted by molar-refractivity contribution is 0.0604. The number of hydrogen-bond donors (Lipinski definition) is 0. The molecule has 0 aromatic heterocycles. The summed E-state index contributed by atoms with van der Waals surface area (Å²) in [5.41, 5.74) is 1.41. The molecule has 0 radical (unpaired) electrons. The van der Waals surface area contributed by atoms with Gasteiger partial charge in [-0.15, -0.1) is 0 Å². The highest BCUT2D eigenvalue weighted by atomic mass is 19.3. The van der Waals surface area contributed by atoms with E-state index in [4.69, 9.17) is 10.00 Å². The van der Waals surface area contributed by atoms with Crippen molar-refractivity contribution in [1.29, 1.82) is 5.26 Å². The standard InChI is InChI=1S/C12H13F2NO/c1-7-5-10(12(13,14)6-15)8(2)9(3)11(7)16-4/h5H,1-4H3. The molecule has 1 aromatic carbocycles. The highest BCUT2D eigenvalue weighted by Gasteiger charge is 2.34. The lowest BCUT2D eigenvalue weighted by Gasteiger charge is -2.17. The van der Waals surface area contributed by atoms with Gasteiger partial charge in [0.25, 0.3) is 0 Å². The molecule has 1 aromatic rings. The summed E-state index contributed by atoms with van der Waals surface area (Å²) in [5.74, 6) is -2.86. The maximum Gasteiger partial charge on any atom is 0.357 e. The second kappa shape index (κ2) is 4.09. The minimum absolute atomic E-state index is 0.245. The Bertz CT molecular complexity index is 461. The van der Waals surface area contributed by atoms with E-state index in [1.165, 1.54) is 13.2 Å². The van der Waals surface area contributed by atoms with Crippen LogP contribution in [0, 0.1) is 32.1 Å². The molecule has 16 heavy (non-hydrogen) atoms. The van der Waals surface area contributed by atoms with Crippen molar-refractivity contribution in [2.45, 2.75) is 26.7 Å². The predicted octanol–water partition coefficient (Wildman–Crippen LogP) is 3.24. The fourth-order valence-corrected chi connectivity index (χ4v) is 1.76. The molecule has 0 aliphatic heterocycles. The Morgan fingerprint density at radius 1 is 1.25 bits per heavy atom. The van der Waals surface area contributed by atoms with Crippen molar-refractivity contribution in [2.75, 3.05) is 7.11 Å². The van der Waals surface area contributed by atoms with Gasteiger partial charge in [-0.3, -0.25) is 0 Å². The van der Waals surface area contributed by atoms with E-state index in [1.54, 1.807) is 20.8 Å². The summed E-state index contributed by atoms with van der Waals surface area (Å²) in [6.07, 6.45) is 0. The Morgan fingerprint density at radius 2 is 1.81 bits per heavy atom. The second-order valence-corrected chi connectivity index (χ2v) is 3.71. The first-order chi connectivity index (χ1) is 7.35. The Labute approximate surface area is 93.5 Å². The van der Waals surface area contributed by atoms with E-state index in [1.807, 2.05) is 0 Å². The molecule has 0 atom stereocenters. The van der Waals surface area contributed by atoms with Crippen LogP contribution in [0.15, 0.2) is 6.07 Å². The third kappa shape index (κ3) is 1.85. The van der Waals surface area contributed by atoms with Crippen LogP contribution < -0.4 is 4.74 Å². The molecule has 0 N–H and O–H groups in total. The van der Waals surface area contributed by atoms with E-state index in [-0.39, 0.29) is 5.56 Å². The summed E-state index contributed by atoms with van der Waals surface area (Å²) in [7, 11) is 1.50. The van der Waals surface area contributed by atoms with Gasteiger partial charge in [0, 0.05) is 5.56 Å².